The Morgan fingerprint density at radius 2 is 1.74 bits per heavy atom. The number of carbonyl (C=O) groups excluding carboxylic acids is 1. The zero-order valence-corrected chi connectivity index (χ0v) is 18.2. The average Bonchev–Trinajstić information content (AvgIpc) is 2.74. The number of amides is 1. The molecule has 0 aliphatic heterocycles. The third kappa shape index (κ3) is 5.96. The van der Waals surface area contributed by atoms with Gasteiger partial charge in [-0.25, -0.2) is 4.79 Å². The molecule has 0 saturated heterocycles. The lowest BCUT2D eigenvalue weighted by molar-refractivity contribution is -0.139. The van der Waals surface area contributed by atoms with E-state index >= 15 is 0 Å². The van der Waals surface area contributed by atoms with E-state index in [0.717, 1.165) is 5.56 Å². The van der Waals surface area contributed by atoms with Gasteiger partial charge in [0.15, 0.2) is 0 Å². The fraction of sp³-hybridized carbons (Fsp3) is 0.174. The summed E-state index contributed by atoms with van der Waals surface area (Å²) in [6.45, 7) is 1.90. The lowest BCUT2D eigenvalue weighted by Gasteiger charge is -2.16. The van der Waals surface area contributed by atoms with Crippen LogP contribution in [0.25, 0.3) is 0 Å². The van der Waals surface area contributed by atoms with E-state index < -0.39 is 17.9 Å². The Labute approximate surface area is 189 Å². The normalized spacial score (nSPS) is 11.6. The molecule has 1 aromatic heterocycles. The second-order valence-corrected chi connectivity index (χ2v) is 7.65. The average molecular weight is 459 g/mol. The van der Waals surface area contributed by atoms with Crippen LogP contribution in [0.4, 0.5) is 0 Å². The van der Waals surface area contributed by atoms with Gasteiger partial charge in [0.1, 0.15) is 18.4 Å². The van der Waals surface area contributed by atoms with Crippen LogP contribution in [0.5, 0.6) is 5.75 Å². The van der Waals surface area contributed by atoms with Crippen molar-refractivity contribution in [1.82, 2.24) is 10.3 Å². The van der Waals surface area contributed by atoms with E-state index in [1.165, 1.54) is 0 Å². The lowest BCUT2D eigenvalue weighted by atomic mass is 10.0. The zero-order chi connectivity index (χ0) is 22.4. The van der Waals surface area contributed by atoms with E-state index in [2.05, 4.69) is 10.3 Å². The Bertz CT molecular complexity index is 1070. The maximum Gasteiger partial charge on any atom is 0.326 e. The Morgan fingerprint density at radius 3 is 2.35 bits per heavy atom. The topological polar surface area (TPSA) is 88.5 Å². The number of halogens is 2. The molecule has 0 aliphatic rings. The number of nitrogens with one attached hydrogen (secondary N) is 1. The van der Waals surface area contributed by atoms with Gasteiger partial charge in [-0.3, -0.25) is 9.78 Å². The first-order valence-corrected chi connectivity index (χ1v) is 10.2. The Balaban J connectivity index is 1.63. The molecule has 1 atom stereocenters. The van der Waals surface area contributed by atoms with Crippen molar-refractivity contribution in [3.8, 4) is 5.75 Å². The molecule has 0 saturated carbocycles. The number of nitrogens with zero attached hydrogens (tertiary/aromatic N) is 1. The SMILES string of the molecule is Cc1ncccc1C(=O)N[C@@H](Cc1ccc(OCc2c(Cl)cccc2Cl)cc1)C(=O)O. The number of hydrogen-bond acceptors (Lipinski definition) is 4. The minimum atomic E-state index is -1.12. The van der Waals surface area contributed by atoms with Gasteiger partial charge in [0.05, 0.1) is 5.56 Å². The first-order valence-electron chi connectivity index (χ1n) is 9.45. The molecule has 0 bridgehead atoms. The Kier molecular flexibility index (Phi) is 7.50. The largest absolute Gasteiger partial charge is 0.489 e. The van der Waals surface area contributed by atoms with Crippen molar-refractivity contribution in [2.24, 2.45) is 0 Å². The number of aryl methyl sites for hydroxylation is 1. The van der Waals surface area contributed by atoms with Gasteiger partial charge in [-0.15, -0.1) is 0 Å². The summed E-state index contributed by atoms with van der Waals surface area (Å²) in [6.07, 6.45) is 1.70. The van der Waals surface area contributed by atoms with E-state index in [-0.39, 0.29) is 13.0 Å². The van der Waals surface area contributed by atoms with Crippen molar-refractivity contribution in [3.63, 3.8) is 0 Å². The molecule has 0 spiro atoms. The molecule has 1 heterocycles. The van der Waals surface area contributed by atoms with E-state index in [1.54, 1.807) is 67.7 Å². The number of carboxylic acid groups (broad SMARTS) is 1. The number of carboxylic acids is 1. The van der Waals surface area contributed by atoms with Gasteiger partial charge in [0.2, 0.25) is 0 Å². The van der Waals surface area contributed by atoms with Crippen LogP contribution < -0.4 is 10.1 Å². The van der Waals surface area contributed by atoms with Crippen LogP contribution in [0.15, 0.2) is 60.8 Å². The van der Waals surface area contributed by atoms with Gasteiger partial charge in [-0.05, 0) is 48.9 Å². The monoisotopic (exact) mass is 458 g/mol. The molecular weight excluding hydrogens is 439 g/mol. The molecule has 31 heavy (non-hydrogen) atoms. The summed E-state index contributed by atoms with van der Waals surface area (Å²) in [5.74, 6) is -1.01. The molecule has 1 amide bonds. The highest BCUT2D eigenvalue weighted by Gasteiger charge is 2.22. The van der Waals surface area contributed by atoms with E-state index in [0.29, 0.717) is 32.6 Å². The number of hydrogen-bond donors (Lipinski definition) is 2. The van der Waals surface area contributed by atoms with Crippen molar-refractivity contribution >= 4 is 35.1 Å². The van der Waals surface area contributed by atoms with Crippen LogP contribution in [0.3, 0.4) is 0 Å². The molecule has 6 nitrogen and oxygen atoms in total. The minimum absolute atomic E-state index is 0.122. The number of ether oxygens (including phenoxy) is 1. The second-order valence-electron chi connectivity index (χ2n) is 6.84. The molecule has 160 valence electrons. The van der Waals surface area contributed by atoms with Crippen LogP contribution in [0, 0.1) is 6.92 Å². The molecule has 2 aromatic carbocycles. The summed E-state index contributed by atoms with van der Waals surface area (Å²) >= 11 is 12.3. The number of aromatic nitrogens is 1. The highest BCUT2D eigenvalue weighted by Crippen LogP contribution is 2.26. The van der Waals surface area contributed by atoms with Gasteiger partial charge >= 0.3 is 5.97 Å². The van der Waals surface area contributed by atoms with E-state index in [1.807, 2.05) is 0 Å². The number of carbonyl (C=O) groups is 2. The molecular formula is C23H20Cl2N2O4. The quantitative estimate of drug-likeness (QED) is 0.510. The molecule has 0 unspecified atom stereocenters. The third-order valence-corrected chi connectivity index (χ3v) is 5.37. The first kappa shape index (κ1) is 22.6. The highest BCUT2D eigenvalue weighted by atomic mass is 35.5. The Hall–Kier alpha value is -3.09. The second kappa shape index (κ2) is 10.3. The van der Waals surface area contributed by atoms with Gasteiger partial charge in [0, 0.05) is 33.9 Å². The molecule has 0 aliphatic carbocycles. The molecule has 0 radical (unpaired) electrons. The predicted octanol–water partition coefficient (Wildman–Crippen LogP) is 4.70. The maximum absolute atomic E-state index is 12.4. The van der Waals surface area contributed by atoms with Gasteiger partial charge in [-0.1, -0.05) is 41.4 Å². The van der Waals surface area contributed by atoms with Crippen molar-refractivity contribution in [3.05, 3.63) is 93.2 Å². The zero-order valence-electron chi connectivity index (χ0n) is 16.6. The summed E-state index contributed by atoms with van der Waals surface area (Å²) < 4.78 is 5.73. The highest BCUT2D eigenvalue weighted by molar-refractivity contribution is 6.35. The van der Waals surface area contributed by atoms with Gasteiger partial charge in [0.25, 0.3) is 5.91 Å². The van der Waals surface area contributed by atoms with Gasteiger partial charge in [-0.2, -0.15) is 0 Å². The molecule has 0 fully saturated rings. The van der Waals surface area contributed by atoms with Crippen molar-refractivity contribution in [1.29, 1.82) is 0 Å². The first-order chi connectivity index (χ1) is 14.8. The lowest BCUT2D eigenvalue weighted by Crippen LogP contribution is -2.42. The minimum Gasteiger partial charge on any atom is -0.489 e. The predicted molar refractivity (Wildman–Crippen MR) is 119 cm³/mol. The molecule has 3 rings (SSSR count). The number of pyridine rings is 1. The molecule has 8 heteroatoms. The van der Waals surface area contributed by atoms with Crippen molar-refractivity contribution < 1.29 is 19.4 Å². The summed E-state index contributed by atoms with van der Waals surface area (Å²) in [7, 11) is 0. The molecule has 3 aromatic rings. The number of benzene rings is 2. The summed E-state index contributed by atoms with van der Waals surface area (Å²) in [5, 5.41) is 13.1. The standard InChI is InChI=1S/C23H20Cl2N2O4/c1-14-17(4-3-11-26-14)22(28)27-21(23(29)30)12-15-7-9-16(10-8-15)31-13-18-19(24)5-2-6-20(18)25/h2-11,21H,12-13H2,1H3,(H,27,28)(H,29,30)/t21-/m0/s1. The van der Waals surface area contributed by atoms with E-state index in [4.69, 9.17) is 27.9 Å². The van der Waals surface area contributed by atoms with Gasteiger partial charge < -0.3 is 15.2 Å². The summed E-state index contributed by atoms with van der Waals surface area (Å²) in [5.41, 5.74) is 2.30. The summed E-state index contributed by atoms with van der Waals surface area (Å²) in [4.78, 5) is 28.2. The van der Waals surface area contributed by atoms with Crippen LogP contribution in [0.1, 0.15) is 27.2 Å². The van der Waals surface area contributed by atoms with Crippen LogP contribution >= 0.6 is 23.2 Å². The van der Waals surface area contributed by atoms with E-state index in [9.17, 15) is 14.7 Å². The molecule has 2 N–H and O–H groups in total. The Morgan fingerprint density at radius 1 is 1.06 bits per heavy atom. The summed E-state index contributed by atoms with van der Waals surface area (Å²) in [6, 6.07) is 14.3. The smallest absolute Gasteiger partial charge is 0.326 e. The van der Waals surface area contributed by atoms with Crippen LogP contribution in [0.2, 0.25) is 10.0 Å². The van der Waals surface area contributed by atoms with Crippen molar-refractivity contribution in [2.45, 2.75) is 26.0 Å². The fourth-order valence-electron chi connectivity index (χ4n) is 2.94. The number of aliphatic carboxylic acids is 1. The number of rotatable bonds is 8. The third-order valence-electron chi connectivity index (χ3n) is 4.66. The van der Waals surface area contributed by atoms with Crippen LogP contribution in [-0.4, -0.2) is 28.0 Å². The van der Waals surface area contributed by atoms with Crippen molar-refractivity contribution in [2.75, 3.05) is 0 Å². The van der Waals surface area contributed by atoms with Crippen LogP contribution in [-0.2, 0) is 17.8 Å². The maximum atomic E-state index is 12.4. The fourth-order valence-corrected chi connectivity index (χ4v) is 3.45.